The predicted molar refractivity (Wildman–Crippen MR) is 137 cm³/mol. The second-order valence-corrected chi connectivity index (χ2v) is 11.2. The molecule has 3 aromatic rings. The van der Waals surface area contributed by atoms with Crippen LogP contribution >= 0.6 is 0 Å². The Balaban J connectivity index is 1.17. The zero-order chi connectivity index (χ0) is 25.8. The molecule has 1 aromatic heterocycles. The van der Waals surface area contributed by atoms with Crippen molar-refractivity contribution in [2.45, 2.75) is 29.6 Å². The number of pyridine rings is 1. The van der Waals surface area contributed by atoms with Crippen molar-refractivity contribution in [1.29, 1.82) is 0 Å². The van der Waals surface area contributed by atoms with E-state index < -0.39 is 9.84 Å². The van der Waals surface area contributed by atoms with Gasteiger partial charge in [-0.1, -0.05) is 30.3 Å². The minimum atomic E-state index is -3.63. The average molecular weight is 524 g/mol. The second kappa shape index (κ2) is 10.9. The van der Waals surface area contributed by atoms with Crippen LogP contribution in [0.4, 0.5) is 4.79 Å². The molecule has 2 fully saturated rings. The van der Waals surface area contributed by atoms with Gasteiger partial charge in [-0.3, -0.25) is 9.78 Å². The highest BCUT2D eigenvalue weighted by Crippen LogP contribution is 2.24. The number of carbonyl (C=O) groups is 2. The average Bonchev–Trinajstić information content (AvgIpc) is 3.45. The summed E-state index contributed by atoms with van der Waals surface area (Å²) in [6, 6.07) is 15.3. The SMILES string of the molecule is O=C(OCC1CCCO1)N1CCN(C(=O)c2ccc(CS(=O)(=O)c3cccc4cccnc34)cc2)CC1. The van der Waals surface area contributed by atoms with Crippen molar-refractivity contribution in [1.82, 2.24) is 14.8 Å². The van der Waals surface area contributed by atoms with Crippen LogP contribution in [0.15, 0.2) is 65.7 Å². The lowest BCUT2D eigenvalue weighted by molar-refractivity contribution is 0.0225. The molecular formula is C27H29N3O6S. The van der Waals surface area contributed by atoms with Crippen LogP contribution in [0.3, 0.4) is 0 Å². The number of hydrogen-bond acceptors (Lipinski definition) is 7. The third-order valence-electron chi connectivity index (χ3n) is 6.73. The zero-order valence-corrected chi connectivity index (χ0v) is 21.2. The molecule has 9 nitrogen and oxygen atoms in total. The number of nitrogens with zero attached hydrogens (tertiary/aromatic N) is 3. The lowest BCUT2D eigenvalue weighted by atomic mass is 10.1. The van der Waals surface area contributed by atoms with Crippen LogP contribution in [0.1, 0.15) is 28.8 Å². The number of benzene rings is 2. The molecular weight excluding hydrogens is 494 g/mol. The minimum Gasteiger partial charge on any atom is -0.447 e. The molecule has 2 aliphatic rings. The summed E-state index contributed by atoms with van der Waals surface area (Å²) in [6.45, 7) is 2.56. The number of para-hydroxylation sites is 1. The number of hydrogen-bond donors (Lipinski definition) is 0. The molecule has 2 aromatic carbocycles. The molecule has 0 bridgehead atoms. The summed E-state index contributed by atoms with van der Waals surface area (Å²) in [4.78, 5) is 33.1. The standard InChI is InChI=1S/C27H29N3O6S/c31-26(29-13-15-30(16-14-29)27(32)36-18-23-6-3-17-35-23)22-10-8-20(9-11-22)19-37(33,34)24-7-1-4-21-5-2-12-28-25(21)24/h1-2,4-5,7-12,23H,3,6,13-19H2. The zero-order valence-electron chi connectivity index (χ0n) is 20.4. The Labute approximate surface area is 215 Å². The van der Waals surface area contributed by atoms with Gasteiger partial charge in [0.1, 0.15) is 6.61 Å². The van der Waals surface area contributed by atoms with E-state index in [0.717, 1.165) is 18.2 Å². The van der Waals surface area contributed by atoms with E-state index in [1.165, 1.54) is 0 Å². The number of ether oxygens (including phenoxy) is 2. The van der Waals surface area contributed by atoms with E-state index in [0.29, 0.717) is 49.4 Å². The molecule has 0 saturated carbocycles. The fourth-order valence-electron chi connectivity index (χ4n) is 4.67. The topological polar surface area (TPSA) is 106 Å². The van der Waals surface area contributed by atoms with E-state index >= 15 is 0 Å². The van der Waals surface area contributed by atoms with Crippen LogP contribution in [0.5, 0.6) is 0 Å². The van der Waals surface area contributed by atoms with Crippen molar-refractivity contribution < 1.29 is 27.5 Å². The largest absolute Gasteiger partial charge is 0.447 e. The van der Waals surface area contributed by atoms with Crippen LogP contribution in [0, 0.1) is 0 Å². The Bertz CT molecular complexity index is 1370. The normalized spacial score (nSPS) is 18.2. The summed E-state index contributed by atoms with van der Waals surface area (Å²) >= 11 is 0. The van der Waals surface area contributed by atoms with Gasteiger partial charge in [0.25, 0.3) is 5.91 Å². The van der Waals surface area contributed by atoms with Crippen molar-refractivity contribution in [2.75, 3.05) is 39.4 Å². The smallest absolute Gasteiger partial charge is 0.409 e. The Kier molecular flexibility index (Phi) is 7.38. The summed E-state index contributed by atoms with van der Waals surface area (Å²) in [5, 5.41) is 0.765. The fourth-order valence-corrected chi connectivity index (χ4v) is 6.21. The van der Waals surface area contributed by atoms with Gasteiger partial charge in [-0.2, -0.15) is 0 Å². The molecule has 0 spiro atoms. The van der Waals surface area contributed by atoms with Crippen LogP contribution < -0.4 is 0 Å². The van der Waals surface area contributed by atoms with Crippen molar-refractivity contribution in [2.24, 2.45) is 0 Å². The Morgan fingerprint density at radius 1 is 0.973 bits per heavy atom. The maximum absolute atomic E-state index is 13.1. The highest BCUT2D eigenvalue weighted by atomic mass is 32.2. The number of sulfone groups is 1. The van der Waals surface area contributed by atoms with Gasteiger partial charge in [0.05, 0.1) is 22.3 Å². The van der Waals surface area contributed by atoms with Crippen LogP contribution in [0.2, 0.25) is 0 Å². The molecule has 37 heavy (non-hydrogen) atoms. The number of aromatic nitrogens is 1. The van der Waals surface area contributed by atoms with Gasteiger partial charge in [-0.15, -0.1) is 0 Å². The third-order valence-corrected chi connectivity index (χ3v) is 8.44. The predicted octanol–water partition coefficient (Wildman–Crippen LogP) is 3.28. The van der Waals surface area contributed by atoms with Gasteiger partial charge in [-0.05, 0) is 42.7 Å². The summed E-state index contributed by atoms with van der Waals surface area (Å²) in [7, 11) is -3.63. The van der Waals surface area contributed by atoms with Gasteiger partial charge in [0.15, 0.2) is 9.84 Å². The number of fused-ring (bicyclic) bond motifs is 1. The first-order valence-corrected chi connectivity index (χ1v) is 14.0. The van der Waals surface area contributed by atoms with Gasteiger partial charge in [0.2, 0.25) is 0 Å². The number of rotatable bonds is 6. The molecule has 1 atom stereocenters. The molecule has 3 heterocycles. The second-order valence-electron chi connectivity index (χ2n) is 9.28. The third kappa shape index (κ3) is 5.75. The van der Waals surface area contributed by atoms with E-state index in [-0.39, 0.29) is 35.4 Å². The molecule has 2 saturated heterocycles. The first-order chi connectivity index (χ1) is 17.9. The van der Waals surface area contributed by atoms with E-state index in [2.05, 4.69) is 4.98 Å². The Hall–Kier alpha value is -3.50. The van der Waals surface area contributed by atoms with Crippen molar-refractivity contribution in [3.05, 3.63) is 71.9 Å². The number of carbonyl (C=O) groups excluding carboxylic acids is 2. The molecule has 2 aliphatic heterocycles. The maximum Gasteiger partial charge on any atom is 0.409 e. The van der Waals surface area contributed by atoms with E-state index in [1.54, 1.807) is 58.5 Å². The molecule has 2 amide bonds. The monoisotopic (exact) mass is 523 g/mol. The molecule has 0 aliphatic carbocycles. The van der Waals surface area contributed by atoms with Crippen molar-refractivity contribution >= 4 is 32.7 Å². The molecule has 5 rings (SSSR count). The van der Waals surface area contributed by atoms with E-state index in [9.17, 15) is 18.0 Å². The highest BCUT2D eigenvalue weighted by Gasteiger charge is 2.27. The van der Waals surface area contributed by atoms with Crippen LogP contribution in [-0.2, 0) is 25.1 Å². The van der Waals surface area contributed by atoms with Crippen molar-refractivity contribution in [3.63, 3.8) is 0 Å². The molecule has 194 valence electrons. The van der Waals surface area contributed by atoms with Gasteiger partial charge < -0.3 is 19.3 Å². The first kappa shape index (κ1) is 25.2. The lowest BCUT2D eigenvalue weighted by Crippen LogP contribution is -2.51. The molecule has 0 radical (unpaired) electrons. The quantitative estimate of drug-likeness (QED) is 0.488. The highest BCUT2D eigenvalue weighted by molar-refractivity contribution is 7.90. The number of amides is 2. The summed E-state index contributed by atoms with van der Waals surface area (Å²) in [5.74, 6) is -0.343. The maximum atomic E-state index is 13.1. The minimum absolute atomic E-state index is 0.0199. The van der Waals surface area contributed by atoms with E-state index in [4.69, 9.17) is 9.47 Å². The fraction of sp³-hybridized carbons (Fsp3) is 0.370. The summed E-state index contributed by atoms with van der Waals surface area (Å²) in [6.07, 6.45) is 3.07. The van der Waals surface area contributed by atoms with Gasteiger partial charge in [0, 0.05) is 49.9 Å². The molecule has 0 N–H and O–H groups in total. The van der Waals surface area contributed by atoms with Crippen LogP contribution in [-0.4, -0.2) is 80.7 Å². The lowest BCUT2D eigenvalue weighted by Gasteiger charge is -2.34. The van der Waals surface area contributed by atoms with E-state index in [1.807, 2.05) is 12.1 Å². The molecule has 1 unspecified atom stereocenters. The van der Waals surface area contributed by atoms with Gasteiger partial charge >= 0.3 is 6.09 Å². The molecule has 10 heteroatoms. The summed E-state index contributed by atoms with van der Waals surface area (Å²) < 4.78 is 37.1. The van der Waals surface area contributed by atoms with Crippen molar-refractivity contribution in [3.8, 4) is 0 Å². The van der Waals surface area contributed by atoms with Gasteiger partial charge in [-0.25, -0.2) is 13.2 Å². The van der Waals surface area contributed by atoms with Crippen LogP contribution in [0.25, 0.3) is 10.9 Å². The Morgan fingerprint density at radius 3 is 2.43 bits per heavy atom. The summed E-state index contributed by atoms with van der Waals surface area (Å²) in [5.41, 5.74) is 1.51. The number of piperazine rings is 1. The Morgan fingerprint density at radius 2 is 1.70 bits per heavy atom. The first-order valence-electron chi connectivity index (χ1n) is 12.4.